The Morgan fingerprint density at radius 1 is 1.00 bits per heavy atom. The van der Waals surface area contributed by atoms with E-state index in [1.165, 1.54) is 0 Å². The van der Waals surface area contributed by atoms with E-state index < -0.39 is 0 Å². The Kier molecular flexibility index (Phi) is 4.49. The highest BCUT2D eigenvalue weighted by atomic mass is 32.1. The lowest BCUT2D eigenvalue weighted by Crippen LogP contribution is -2.48. The average molecular weight is 407 g/mol. The molecular weight excluding hydrogens is 384 g/mol. The molecule has 0 N–H and O–H groups in total. The highest BCUT2D eigenvalue weighted by Gasteiger charge is 2.25. The fourth-order valence-electron chi connectivity index (χ4n) is 4.04. The van der Waals surface area contributed by atoms with Crippen molar-refractivity contribution in [2.45, 2.75) is 6.67 Å². The highest BCUT2D eigenvalue weighted by Crippen LogP contribution is 2.21. The zero-order chi connectivity index (χ0) is 20.0. The molecule has 0 aliphatic carbocycles. The number of fused-ring (bicyclic) bond motifs is 2. The summed E-state index contributed by atoms with van der Waals surface area (Å²) in [7, 11) is 2.01. The standard InChI is InChI=1S/C22H22N4O2S/c1-23-17-7-3-4-8-18(17)26(22(23)29)15-24-10-12-25(13-11-24)21(27)20-14-16-6-2-5-9-19(16)28-20/h2-9,14H,10-13,15H2,1H3. The van der Waals surface area contributed by atoms with Gasteiger partial charge < -0.3 is 18.5 Å². The Hall–Kier alpha value is -2.90. The van der Waals surface area contributed by atoms with E-state index in [2.05, 4.69) is 21.6 Å². The molecular formula is C22H22N4O2S. The van der Waals surface area contributed by atoms with E-state index in [1.54, 1.807) is 0 Å². The van der Waals surface area contributed by atoms with Crippen molar-refractivity contribution in [3.8, 4) is 0 Å². The second kappa shape index (κ2) is 7.17. The van der Waals surface area contributed by atoms with Gasteiger partial charge in [-0.3, -0.25) is 9.69 Å². The van der Waals surface area contributed by atoms with Gasteiger partial charge in [0.1, 0.15) is 5.58 Å². The number of hydrogen-bond donors (Lipinski definition) is 0. The van der Waals surface area contributed by atoms with Gasteiger partial charge in [-0.25, -0.2) is 0 Å². The van der Waals surface area contributed by atoms with E-state index in [0.717, 1.165) is 46.5 Å². The van der Waals surface area contributed by atoms with Gasteiger partial charge in [0, 0.05) is 38.6 Å². The molecule has 7 heteroatoms. The molecule has 29 heavy (non-hydrogen) atoms. The van der Waals surface area contributed by atoms with Crippen LogP contribution in [0.3, 0.4) is 0 Å². The van der Waals surface area contributed by atoms with Crippen molar-refractivity contribution in [2.24, 2.45) is 7.05 Å². The predicted molar refractivity (Wildman–Crippen MR) is 115 cm³/mol. The van der Waals surface area contributed by atoms with Crippen molar-refractivity contribution in [1.29, 1.82) is 0 Å². The summed E-state index contributed by atoms with van der Waals surface area (Å²) in [4.78, 5) is 17.1. The fraction of sp³-hybridized carbons (Fsp3) is 0.273. The SMILES string of the molecule is Cn1c(=S)n(CN2CCN(C(=O)c3cc4ccccc4o3)CC2)c2ccccc21. The number of carbonyl (C=O) groups is 1. The quantitative estimate of drug-likeness (QED) is 0.485. The van der Waals surface area contributed by atoms with Crippen molar-refractivity contribution in [3.63, 3.8) is 0 Å². The largest absolute Gasteiger partial charge is 0.451 e. The maximum Gasteiger partial charge on any atom is 0.289 e. The van der Waals surface area contributed by atoms with Crippen LogP contribution in [0, 0.1) is 4.77 Å². The van der Waals surface area contributed by atoms with Gasteiger partial charge in [0.15, 0.2) is 10.5 Å². The molecule has 0 atom stereocenters. The van der Waals surface area contributed by atoms with Gasteiger partial charge in [-0.15, -0.1) is 0 Å². The maximum atomic E-state index is 12.9. The molecule has 6 nitrogen and oxygen atoms in total. The number of benzene rings is 2. The Labute approximate surface area is 173 Å². The minimum absolute atomic E-state index is 0.0392. The summed E-state index contributed by atoms with van der Waals surface area (Å²) in [6, 6.07) is 17.8. The molecule has 1 saturated heterocycles. The molecule has 0 radical (unpaired) electrons. The first-order valence-electron chi connectivity index (χ1n) is 9.76. The number of aryl methyl sites for hydroxylation is 1. The molecule has 4 aromatic rings. The number of para-hydroxylation sites is 3. The summed E-state index contributed by atoms with van der Waals surface area (Å²) in [5.41, 5.74) is 3.02. The number of nitrogens with zero attached hydrogens (tertiary/aromatic N) is 4. The maximum absolute atomic E-state index is 12.9. The van der Waals surface area contributed by atoms with Gasteiger partial charge >= 0.3 is 0 Å². The van der Waals surface area contributed by atoms with Crippen molar-refractivity contribution < 1.29 is 9.21 Å². The van der Waals surface area contributed by atoms with E-state index in [1.807, 2.05) is 59.0 Å². The van der Waals surface area contributed by atoms with Crippen LogP contribution in [0.1, 0.15) is 10.6 Å². The molecule has 148 valence electrons. The zero-order valence-electron chi connectivity index (χ0n) is 16.2. The summed E-state index contributed by atoms with van der Waals surface area (Å²) in [6.45, 7) is 3.68. The summed E-state index contributed by atoms with van der Waals surface area (Å²) in [6.07, 6.45) is 0. The minimum Gasteiger partial charge on any atom is -0.451 e. The third kappa shape index (κ3) is 3.16. The van der Waals surface area contributed by atoms with Gasteiger partial charge in [-0.1, -0.05) is 30.3 Å². The summed E-state index contributed by atoms with van der Waals surface area (Å²) >= 11 is 5.65. The van der Waals surface area contributed by atoms with Crippen LogP contribution in [0.5, 0.6) is 0 Å². The Balaban J connectivity index is 1.29. The summed E-state index contributed by atoms with van der Waals surface area (Å²) in [5.74, 6) is 0.374. The van der Waals surface area contributed by atoms with Gasteiger partial charge in [-0.2, -0.15) is 0 Å². The molecule has 0 unspecified atom stereocenters. The molecule has 0 bridgehead atoms. The van der Waals surface area contributed by atoms with Crippen LogP contribution in [0.15, 0.2) is 59.0 Å². The predicted octanol–water partition coefficient (Wildman–Crippen LogP) is 3.87. The number of rotatable bonds is 3. The lowest BCUT2D eigenvalue weighted by molar-refractivity contribution is 0.0569. The molecule has 1 aliphatic heterocycles. The third-order valence-corrected chi connectivity index (χ3v) is 6.18. The number of aromatic nitrogens is 2. The van der Waals surface area contributed by atoms with E-state index in [9.17, 15) is 4.79 Å². The molecule has 2 aromatic heterocycles. The third-order valence-electron chi connectivity index (χ3n) is 5.69. The summed E-state index contributed by atoms with van der Waals surface area (Å²) in [5, 5.41) is 0.958. The smallest absolute Gasteiger partial charge is 0.289 e. The molecule has 1 amide bonds. The van der Waals surface area contributed by atoms with Crippen LogP contribution in [0.2, 0.25) is 0 Å². The van der Waals surface area contributed by atoms with Gasteiger partial charge in [0.05, 0.1) is 17.7 Å². The van der Waals surface area contributed by atoms with E-state index in [-0.39, 0.29) is 5.91 Å². The van der Waals surface area contributed by atoms with Crippen LogP contribution < -0.4 is 0 Å². The van der Waals surface area contributed by atoms with Crippen LogP contribution in [0.4, 0.5) is 0 Å². The lowest BCUT2D eigenvalue weighted by atomic mass is 10.2. The zero-order valence-corrected chi connectivity index (χ0v) is 17.1. The van der Waals surface area contributed by atoms with Crippen LogP contribution in [-0.2, 0) is 13.7 Å². The molecule has 0 saturated carbocycles. The van der Waals surface area contributed by atoms with Crippen LogP contribution >= 0.6 is 12.2 Å². The Morgan fingerprint density at radius 3 is 2.45 bits per heavy atom. The second-order valence-corrected chi connectivity index (χ2v) is 7.82. The Morgan fingerprint density at radius 2 is 1.69 bits per heavy atom. The molecule has 0 spiro atoms. The van der Waals surface area contributed by atoms with Crippen molar-refractivity contribution >= 4 is 40.1 Å². The first-order chi connectivity index (χ1) is 14.1. The van der Waals surface area contributed by atoms with Crippen molar-refractivity contribution in [1.82, 2.24) is 18.9 Å². The number of hydrogen-bond acceptors (Lipinski definition) is 4. The minimum atomic E-state index is -0.0392. The number of piperazine rings is 1. The molecule has 2 aromatic carbocycles. The molecule has 1 aliphatic rings. The van der Waals surface area contributed by atoms with Crippen LogP contribution in [0.25, 0.3) is 22.0 Å². The van der Waals surface area contributed by atoms with Gasteiger partial charge in [-0.05, 0) is 36.5 Å². The summed E-state index contributed by atoms with van der Waals surface area (Å²) < 4.78 is 10.8. The first kappa shape index (κ1) is 18.1. The topological polar surface area (TPSA) is 46.5 Å². The first-order valence-corrected chi connectivity index (χ1v) is 10.2. The number of carbonyl (C=O) groups excluding carboxylic acids is 1. The fourth-order valence-corrected chi connectivity index (χ4v) is 4.29. The van der Waals surface area contributed by atoms with E-state index >= 15 is 0 Å². The van der Waals surface area contributed by atoms with Crippen molar-refractivity contribution in [3.05, 3.63) is 65.1 Å². The van der Waals surface area contributed by atoms with Gasteiger partial charge in [0.2, 0.25) is 0 Å². The van der Waals surface area contributed by atoms with E-state index in [4.69, 9.17) is 16.6 Å². The number of imidazole rings is 1. The Bertz CT molecular complexity index is 1230. The molecule has 5 rings (SSSR count). The van der Waals surface area contributed by atoms with E-state index in [0.29, 0.717) is 18.8 Å². The molecule has 3 heterocycles. The van der Waals surface area contributed by atoms with Gasteiger partial charge in [0.25, 0.3) is 5.91 Å². The van der Waals surface area contributed by atoms with Crippen molar-refractivity contribution in [2.75, 3.05) is 26.2 Å². The second-order valence-electron chi connectivity index (χ2n) is 7.46. The molecule has 1 fully saturated rings. The monoisotopic (exact) mass is 406 g/mol. The lowest BCUT2D eigenvalue weighted by Gasteiger charge is -2.34. The number of furan rings is 1. The van der Waals surface area contributed by atoms with Crippen LogP contribution in [-0.4, -0.2) is 51.0 Å². The highest BCUT2D eigenvalue weighted by molar-refractivity contribution is 7.71. The average Bonchev–Trinajstić information content (AvgIpc) is 3.29. The number of amides is 1. The normalized spacial score (nSPS) is 15.4.